The molecule has 0 aromatic heterocycles. The third kappa shape index (κ3) is 17.7. The Morgan fingerprint density at radius 2 is 1.20 bits per heavy atom. The van der Waals surface area contributed by atoms with E-state index in [1.165, 1.54) is 0 Å². The minimum Gasteiger partial charge on any atom is -1.00 e. The van der Waals surface area contributed by atoms with Crippen LogP contribution in [0.15, 0.2) is 0 Å². The number of hydrogen-bond acceptors (Lipinski definition) is 0. The third-order valence-electron chi connectivity index (χ3n) is 0. The first-order chi connectivity index (χ1) is 0. The minimum absolute atomic E-state index is 0. The Morgan fingerprint density at radius 3 is 1.20 bits per heavy atom. The van der Waals surface area contributed by atoms with Gasteiger partial charge in [0.25, 0.3) is 0 Å². The maximum atomic E-state index is 0. The van der Waals surface area contributed by atoms with E-state index in [1.54, 1.807) is 0 Å². The quantitative estimate of drug-likeness (QED) is 0.336. The SMILES string of the molecule is [Ca+2].[Ce].[Fe].[H-].[H-].[H-].[K+].[W]. The van der Waals surface area contributed by atoms with Crippen molar-refractivity contribution in [1.29, 1.82) is 0 Å². The van der Waals surface area contributed by atoms with Crippen molar-refractivity contribution in [3.63, 3.8) is 0 Å². The van der Waals surface area contributed by atoms with E-state index in [4.69, 9.17) is 0 Å². The summed E-state index contributed by atoms with van der Waals surface area (Å²) in [6, 6.07) is 0. The molecule has 0 aliphatic rings. The van der Waals surface area contributed by atoms with Crippen molar-refractivity contribution in [2.24, 2.45) is 0 Å². The predicted molar refractivity (Wildman–Crippen MR) is 9.09 cm³/mol. The van der Waals surface area contributed by atoms with Crippen molar-refractivity contribution in [2.45, 2.75) is 0 Å². The summed E-state index contributed by atoms with van der Waals surface area (Å²) in [5.41, 5.74) is 0. The Kier molecular flexibility index (Phi) is 142. The molecule has 0 heterocycles. The molecule has 0 aromatic rings. The van der Waals surface area contributed by atoms with E-state index in [0.717, 1.165) is 0 Å². The maximum absolute atomic E-state index is 0. The summed E-state index contributed by atoms with van der Waals surface area (Å²) in [6.07, 6.45) is 0. The van der Waals surface area contributed by atoms with E-state index in [0.29, 0.717) is 0 Å². The van der Waals surface area contributed by atoms with Crippen molar-refractivity contribution < 1.29 is 136 Å². The van der Waals surface area contributed by atoms with Gasteiger partial charge in [-0.15, -0.1) is 0 Å². The Morgan fingerprint density at radius 1 is 1.20 bits per heavy atom. The zero-order valence-electron chi connectivity index (χ0n) is 5.97. The molecular formula is H3CaCeFeKW. The Bertz CT molecular complexity index is 19.2. The molecule has 0 saturated heterocycles. The topological polar surface area (TPSA) is 0 Å². The van der Waals surface area contributed by atoms with E-state index in [2.05, 4.69) is 0 Å². The predicted octanol–water partition coefficient (Wildman–Crippen LogP) is -3.04. The van der Waals surface area contributed by atoms with Crippen LogP contribution in [-0.4, -0.2) is 37.7 Å². The average Bonchev–Trinajstić information content (AvgIpc) is 0. The van der Waals surface area contributed by atoms with Crippen LogP contribution in [0.4, 0.5) is 0 Å². The van der Waals surface area contributed by atoms with E-state index in [9.17, 15) is 0 Å². The Balaban J connectivity index is 0. The smallest absolute Gasteiger partial charge is 1.00 e. The van der Waals surface area contributed by atoms with Gasteiger partial charge in [-0.05, 0) is 0 Å². The van der Waals surface area contributed by atoms with Gasteiger partial charge in [0.2, 0.25) is 0 Å². The first kappa shape index (κ1) is 31.4. The van der Waals surface area contributed by atoms with Gasteiger partial charge >= 0.3 is 89.1 Å². The van der Waals surface area contributed by atoms with E-state index < -0.39 is 0 Å². The summed E-state index contributed by atoms with van der Waals surface area (Å²) in [5, 5.41) is 0. The summed E-state index contributed by atoms with van der Waals surface area (Å²) in [7, 11) is 0. The molecule has 0 fully saturated rings. The fourth-order valence-electron chi connectivity index (χ4n) is 0. The molecule has 0 nitrogen and oxygen atoms in total. The number of rotatable bonds is 0. The van der Waals surface area contributed by atoms with Gasteiger partial charge in [-0.3, -0.25) is 0 Å². The molecule has 5 heavy (non-hydrogen) atoms. The van der Waals surface area contributed by atoms with Gasteiger partial charge in [0.05, 0.1) is 0 Å². The van der Waals surface area contributed by atoms with Crippen molar-refractivity contribution >= 4 is 37.7 Å². The van der Waals surface area contributed by atoms with E-state index in [1.807, 2.05) is 0 Å². The molecule has 0 aliphatic carbocycles. The van der Waals surface area contributed by atoms with Crippen LogP contribution in [0.1, 0.15) is 4.28 Å². The average molecular weight is 462 g/mol. The van der Waals surface area contributed by atoms with Crippen LogP contribution in [0, 0.1) is 41.7 Å². The van der Waals surface area contributed by atoms with Gasteiger partial charge < -0.3 is 4.28 Å². The fraction of sp³-hybridized carbons (Fsp3) is 0. The fourth-order valence-corrected chi connectivity index (χ4v) is 0. The summed E-state index contributed by atoms with van der Waals surface area (Å²) in [4.78, 5) is 0. The second-order valence-corrected chi connectivity index (χ2v) is 0. The molecule has 5 heteroatoms. The van der Waals surface area contributed by atoms with Crippen LogP contribution in [0.3, 0.4) is 0 Å². The largest absolute Gasteiger partial charge is 2.00 e. The van der Waals surface area contributed by atoms with Gasteiger partial charge in [0.15, 0.2) is 0 Å². The molecule has 0 N–H and O–H groups in total. The van der Waals surface area contributed by atoms with Crippen molar-refractivity contribution in [2.75, 3.05) is 0 Å². The van der Waals surface area contributed by atoms with Crippen molar-refractivity contribution in [1.82, 2.24) is 0 Å². The normalized spacial score (nSPS) is 0. The standard InChI is InChI=1S/Ca.Ce.Fe.K.W.3H/q+2;;;+1;;3*-1. The zero-order valence-corrected chi connectivity index (χ0v) is 15.5. The molecular weight excluding hydrogens is 459 g/mol. The Labute approximate surface area is 168 Å². The van der Waals surface area contributed by atoms with Crippen LogP contribution in [-0.2, 0) is 38.1 Å². The summed E-state index contributed by atoms with van der Waals surface area (Å²) < 4.78 is 0. The van der Waals surface area contributed by atoms with Gasteiger partial charge in [0, 0.05) is 79.9 Å². The molecule has 0 aliphatic heterocycles. The van der Waals surface area contributed by atoms with Crippen molar-refractivity contribution in [3.8, 4) is 0 Å². The van der Waals surface area contributed by atoms with Crippen molar-refractivity contribution in [3.05, 3.63) is 0 Å². The minimum atomic E-state index is 0. The maximum Gasteiger partial charge on any atom is 2.00 e. The molecule has 0 atom stereocenters. The summed E-state index contributed by atoms with van der Waals surface area (Å²) in [5.74, 6) is 0. The van der Waals surface area contributed by atoms with Crippen LogP contribution >= 0.6 is 0 Å². The molecule has 24 valence electrons. The van der Waals surface area contributed by atoms with Crippen LogP contribution in [0.25, 0.3) is 0 Å². The van der Waals surface area contributed by atoms with Gasteiger partial charge in [-0.2, -0.15) is 0 Å². The summed E-state index contributed by atoms with van der Waals surface area (Å²) >= 11 is 0. The second kappa shape index (κ2) is 22.7. The van der Waals surface area contributed by atoms with Crippen LogP contribution in [0.5, 0.6) is 0 Å². The van der Waals surface area contributed by atoms with E-state index in [-0.39, 0.29) is 173 Å². The molecule has 0 bridgehead atoms. The molecule has 0 unspecified atom stereocenters. The van der Waals surface area contributed by atoms with Gasteiger partial charge in [0.1, 0.15) is 0 Å². The zero-order chi connectivity index (χ0) is 0. The first-order valence-corrected chi connectivity index (χ1v) is 0. The molecule has 0 radical (unpaired) electrons. The monoisotopic (exact) mass is 462 g/mol. The molecule has 0 spiro atoms. The van der Waals surface area contributed by atoms with Crippen LogP contribution in [0.2, 0.25) is 0 Å². The molecule has 0 aromatic carbocycles. The van der Waals surface area contributed by atoms with Crippen LogP contribution < -0.4 is 51.4 Å². The van der Waals surface area contributed by atoms with Gasteiger partial charge in [-0.1, -0.05) is 0 Å². The molecule has 0 amide bonds. The number of hydrogen-bond donors (Lipinski definition) is 0. The van der Waals surface area contributed by atoms with Gasteiger partial charge in [-0.25, -0.2) is 0 Å². The molecule has 0 saturated carbocycles. The Hall–Kier alpha value is 5.48. The van der Waals surface area contributed by atoms with E-state index >= 15 is 0 Å². The third-order valence-corrected chi connectivity index (χ3v) is 0. The second-order valence-electron chi connectivity index (χ2n) is 0. The summed E-state index contributed by atoms with van der Waals surface area (Å²) in [6.45, 7) is 0. The molecule has 0 rings (SSSR count). The first-order valence-electron chi connectivity index (χ1n) is 0.